The van der Waals surface area contributed by atoms with E-state index in [1.807, 2.05) is 0 Å². The molecule has 0 saturated heterocycles. The number of non-ortho nitro benzene ring substituents is 1. The van der Waals surface area contributed by atoms with Gasteiger partial charge in [-0.3, -0.25) is 10.1 Å². The number of halogens is 1. The summed E-state index contributed by atoms with van der Waals surface area (Å²) in [6.07, 6.45) is 0. The second-order valence-corrected chi connectivity index (χ2v) is 6.07. The number of hydrogen-bond donors (Lipinski definition) is 0. The van der Waals surface area contributed by atoms with Crippen LogP contribution in [-0.4, -0.2) is 25.9 Å². The fraction of sp³-hybridized carbons (Fsp3) is 0.300. The lowest BCUT2D eigenvalue weighted by atomic mass is 10.1. The molecule has 0 amide bonds. The minimum Gasteiger partial charge on any atom is -0.462 e. The summed E-state index contributed by atoms with van der Waals surface area (Å²) in [7, 11) is 0.991. The third kappa shape index (κ3) is 3.42. The number of nitrogens with zero attached hydrogens (tertiary/aromatic N) is 1. The van der Waals surface area contributed by atoms with Crippen LogP contribution in [0.25, 0.3) is 0 Å². The van der Waals surface area contributed by atoms with Gasteiger partial charge in [-0.05, 0) is 19.4 Å². The van der Waals surface area contributed by atoms with Gasteiger partial charge >= 0.3 is 5.97 Å². The van der Waals surface area contributed by atoms with Crippen molar-refractivity contribution < 1.29 is 22.9 Å². The number of nitro groups is 1. The van der Waals surface area contributed by atoms with E-state index in [1.165, 1.54) is 6.92 Å². The third-order valence-corrected chi connectivity index (χ3v) is 3.76. The zero-order valence-electron chi connectivity index (χ0n) is 10.0. The Kier molecular flexibility index (Phi) is 4.48. The first-order valence-electron chi connectivity index (χ1n) is 5.09. The van der Waals surface area contributed by atoms with Crippen molar-refractivity contribution in [1.82, 2.24) is 0 Å². The maximum Gasteiger partial charge on any atom is 0.338 e. The Morgan fingerprint density at radius 3 is 2.47 bits per heavy atom. The molecule has 0 aliphatic heterocycles. The molecule has 0 aliphatic carbocycles. The highest BCUT2D eigenvalue weighted by atomic mass is 35.7. The standard InChI is InChI=1S/C10H10ClNO6S/c1-3-18-10(13)8-4-7(12(14)15)5-9(6(8)2)19(11,16)17/h4-5H,3H2,1-2H3. The van der Waals surface area contributed by atoms with Crippen molar-refractivity contribution in [2.75, 3.05) is 6.61 Å². The van der Waals surface area contributed by atoms with E-state index in [9.17, 15) is 23.3 Å². The minimum absolute atomic E-state index is 0.0130. The number of hydrogen-bond acceptors (Lipinski definition) is 6. The Labute approximate surface area is 113 Å². The summed E-state index contributed by atoms with van der Waals surface area (Å²) in [5.74, 6) is -0.842. The maximum absolute atomic E-state index is 11.6. The van der Waals surface area contributed by atoms with Gasteiger partial charge < -0.3 is 4.74 Å². The normalized spacial score (nSPS) is 11.1. The fourth-order valence-corrected chi connectivity index (χ4v) is 2.67. The first-order valence-corrected chi connectivity index (χ1v) is 7.40. The second-order valence-electron chi connectivity index (χ2n) is 3.53. The molecule has 0 unspecified atom stereocenters. The van der Waals surface area contributed by atoms with Crippen molar-refractivity contribution in [3.8, 4) is 0 Å². The summed E-state index contributed by atoms with van der Waals surface area (Å²) in [6, 6.07) is 1.76. The second kappa shape index (κ2) is 5.54. The van der Waals surface area contributed by atoms with Crippen molar-refractivity contribution in [3.05, 3.63) is 33.4 Å². The first kappa shape index (κ1) is 15.4. The van der Waals surface area contributed by atoms with E-state index in [1.54, 1.807) is 6.92 Å². The molecule has 9 heteroatoms. The molecule has 0 aromatic heterocycles. The van der Waals surface area contributed by atoms with E-state index in [4.69, 9.17) is 15.4 Å². The molecule has 0 atom stereocenters. The van der Waals surface area contributed by atoms with E-state index < -0.39 is 30.5 Å². The Bertz CT molecular complexity index is 640. The van der Waals surface area contributed by atoms with E-state index in [0.29, 0.717) is 0 Å². The smallest absolute Gasteiger partial charge is 0.338 e. The van der Waals surface area contributed by atoms with Gasteiger partial charge in [-0.15, -0.1) is 0 Å². The summed E-state index contributed by atoms with van der Waals surface area (Å²) in [5.41, 5.74) is -0.734. The molecule has 0 fully saturated rings. The highest BCUT2D eigenvalue weighted by Crippen LogP contribution is 2.28. The molecule has 0 bridgehead atoms. The maximum atomic E-state index is 11.6. The van der Waals surface area contributed by atoms with Crippen LogP contribution in [0.1, 0.15) is 22.8 Å². The topological polar surface area (TPSA) is 104 Å². The molecule has 0 N–H and O–H groups in total. The number of carbonyl (C=O) groups excluding carboxylic acids is 1. The average molecular weight is 308 g/mol. The molecule has 0 radical (unpaired) electrons. The molecule has 1 aromatic carbocycles. The summed E-state index contributed by atoms with van der Waals surface area (Å²) >= 11 is 0. The molecule has 0 heterocycles. The van der Waals surface area contributed by atoms with Crippen molar-refractivity contribution >= 4 is 31.4 Å². The number of carbonyl (C=O) groups is 1. The highest BCUT2D eigenvalue weighted by Gasteiger charge is 2.25. The highest BCUT2D eigenvalue weighted by molar-refractivity contribution is 8.13. The summed E-state index contributed by atoms with van der Waals surface area (Å²) < 4.78 is 27.4. The predicted molar refractivity (Wildman–Crippen MR) is 66.8 cm³/mol. The van der Waals surface area contributed by atoms with Gasteiger partial charge in [0.05, 0.1) is 22.0 Å². The lowest BCUT2D eigenvalue weighted by Gasteiger charge is -2.08. The Morgan fingerprint density at radius 1 is 1.47 bits per heavy atom. The van der Waals surface area contributed by atoms with Crippen LogP contribution in [0.2, 0.25) is 0 Å². The summed E-state index contributed by atoms with van der Waals surface area (Å²) in [6.45, 7) is 2.94. The Morgan fingerprint density at radius 2 is 2.05 bits per heavy atom. The quantitative estimate of drug-likeness (QED) is 0.365. The largest absolute Gasteiger partial charge is 0.462 e. The third-order valence-electron chi connectivity index (χ3n) is 2.31. The zero-order chi connectivity index (χ0) is 14.8. The van der Waals surface area contributed by atoms with Gasteiger partial charge in [0, 0.05) is 22.8 Å². The number of benzene rings is 1. The molecular formula is C10H10ClNO6S. The van der Waals surface area contributed by atoms with E-state index in [-0.39, 0.29) is 17.7 Å². The zero-order valence-corrected chi connectivity index (χ0v) is 11.6. The van der Waals surface area contributed by atoms with Crippen LogP contribution in [0.15, 0.2) is 17.0 Å². The molecule has 1 rings (SSSR count). The molecule has 19 heavy (non-hydrogen) atoms. The van der Waals surface area contributed by atoms with Crippen LogP contribution in [0, 0.1) is 17.0 Å². The number of ether oxygens (including phenoxy) is 1. The molecule has 0 spiro atoms. The van der Waals surface area contributed by atoms with Gasteiger partial charge in [0.15, 0.2) is 0 Å². The van der Waals surface area contributed by atoms with E-state index >= 15 is 0 Å². The summed E-state index contributed by atoms with van der Waals surface area (Å²) in [4.78, 5) is 21.1. The van der Waals surface area contributed by atoms with E-state index in [2.05, 4.69) is 0 Å². The van der Waals surface area contributed by atoms with Crippen molar-refractivity contribution in [3.63, 3.8) is 0 Å². The summed E-state index contributed by atoms with van der Waals surface area (Å²) in [5, 5.41) is 10.7. The van der Waals surface area contributed by atoms with Gasteiger partial charge in [-0.1, -0.05) is 0 Å². The van der Waals surface area contributed by atoms with Crippen LogP contribution in [0.4, 0.5) is 5.69 Å². The van der Waals surface area contributed by atoms with Gasteiger partial charge in [0.25, 0.3) is 14.7 Å². The predicted octanol–water partition coefficient (Wildman–Crippen LogP) is 2.01. The van der Waals surface area contributed by atoms with Crippen LogP contribution in [0.3, 0.4) is 0 Å². The van der Waals surface area contributed by atoms with Crippen LogP contribution in [0.5, 0.6) is 0 Å². The Balaban J connectivity index is 3.60. The minimum atomic E-state index is -4.20. The Hall–Kier alpha value is -1.67. The van der Waals surface area contributed by atoms with Crippen molar-refractivity contribution in [2.24, 2.45) is 0 Å². The lowest BCUT2D eigenvalue weighted by Crippen LogP contribution is -2.10. The van der Waals surface area contributed by atoms with Crippen LogP contribution < -0.4 is 0 Å². The van der Waals surface area contributed by atoms with Crippen molar-refractivity contribution in [2.45, 2.75) is 18.7 Å². The first-order chi connectivity index (χ1) is 8.68. The number of rotatable bonds is 4. The van der Waals surface area contributed by atoms with Gasteiger partial charge in [-0.2, -0.15) is 0 Å². The molecule has 104 valence electrons. The SMILES string of the molecule is CCOC(=O)c1cc([N+](=O)[O-])cc(S(=O)(=O)Cl)c1C. The van der Waals surface area contributed by atoms with Crippen LogP contribution in [-0.2, 0) is 13.8 Å². The lowest BCUT2D eigenvalue weighted by molar-refractivity contribution is -0.385. The monoisotopic (exact) mass is 307 g/mol. The molecular weight excluding hydrogens is 298 g/mol. The van der Waals surface area contributed by atoms with Gasteiger partial charge in [-0.25, -0.2) is 13.2 Å². The van der Waals surface area contributed by atoms with Gasteiger partial charge in [0.2, 0.25) is 0 Å². The average Bonchev–Trinajstić information content (AvgIpc) is 2.27. The molecule has 1 aromatic rings. The fourth-order valence-electron chi connectivity index (χ4n) is 1.45. The molecule has 7 nitrogen and oxygen atoms in total. The van der Waals surface area contributed by atoms with Gasteiger partial charge in [0.1, 0.15) is 0 Å². The van der Waals surface area contributed by atoms with Crippen molar-refractivity contribution in [1.29, 1.82) is 0 Å². The number of nitro benzene ring substituents is 1. The number of esters is 1. The molecule has 0 aliphatic rings. The van der Waals surface area contributed by atoms with Crippen LogP contribution >= 0.6 is 10.7 Å². The van der Waals surface area contributed by atoms with E-state index in [0.717, 1.165) is 12.1 Å². The molecule has 0 saturated carbocycles.